The van der Waals surface area contributed by atoms with Gasteiger partial charge < -0.3 is 37.0 Å². The normalized spacial score (nSPS) is 20.3. The molecule has 0 bridgehead atoms. The highest BCUT2D eigenvalue weighted by atomic mass is 16.5. The summed E-state index contributed by atoms with van der Waals surface area (Å²) in [6, 6.07) is 0.570. The summed E-state index contributed by atoms with van der Waals surface area (Å²) in [7, 11) is 1.67. The average molecular weight is 399 g/mol. The summed E-state index contributed by atoms with van der Waals surface area (Å²) in [5, 5.41) is 17.1. The second-order valence-electron chi connectivity index (χ2n) is 7.27. The molecular weight excluding hydrogens is 360 g/mol. The van der Waals surface area contributed by atoms with E-state index in [1.165, 1.54) is 6.08 Å². The number of hydrogen-bond acceptors (Lipinski definition) is 8. The molecule has 9 heteroatoms. The van der Waals surface area contributed by atoms with E-state index in [9.17, 15) is 4.79 Å². The van der Waals surface area contributed by atoms with E-state index >= 15 is 0 Å². The maximum Gasteiger partial charge on any atom is 0.251 e. The summed E-state index contributed by atoms with van der Waals surface area (Å²) in [6.45, 7) is 7.39. The summed E-state index contributed by atoms with van der Waals surface area (Å²) in [4.78, 5) is 12.4. The Balaban J connectivity index is 2.71. The zero-order chi connectivity index (χ0) is 21.1. The molecule has 0 aromatic heterocycles. The number of carbonyl (C=O) groups is 1. The molecule has 2 unspecified atom stereocenters. The molecule has 1 amide bonds. The molecule has 1 aliphatic rings. The second kappa shape index (κ2) is 13.0. The maximum absolute atomic E-state index is 12.4. The van der Waals surface area contributed by atoms with Crippen molar-refractivity contribution in [1.29, 1.82) is 5.41 Å². The van der Waals surface area contributed by atoms with Crippen LogP contribution in [0.3, 0.4) is 0 Å². The zero-order valence-corrected chi connectivity index (χ0v) is 17.6. The van der Waals surface area contributed by atoms with E-state index in [-0.39, 0.29) is 29.3 Å². The van der Waals surface area contributed by atoms with Crippen LogP contribution in [-0.4, -0.2) is 69.0 Å². The number of carbonyl (C=O) groups excluding carboxylic acids is 1. The molecule has 9 nitrogen and oxygen atoms in total. The topological polar surface area (TPSA) is 148 Å². The fourth-order valence-corrected chi connectivity index (χ4v) is 3.22. The Morgan fingerprint density at radius 2 is 2.00 bits per heavy atom. The van der Waals surface area contributed by atoms with Gasteiger partial charge in [0.1, 0.15) is 0 Å². The van der Waals surface area contributed by atoms with Gasteiger partial charge in [-0.05, 0) is 39.2 Å². The number of rotatable bonds is 12. The predicted molar refractivity (Wildman–Crippen MR) is 111 cm³/mol. The summed E-state index contributed by atoms with van der Waals surface area (Å²) in [5.74, 6) is -0.386. The van der Waals surface area contributed by atoms with Crippen molar-refractivity contribution in [1.82, 2.24) is 16.0 Å². The van der Waals surface area contributed by atoms with Crippen LogP contribution in [0.2, 0.25) is 0 Å². The molecule has 1 heterocycles. The Kier molecular flexibility index (Phi) is 11.4. The van der Waals surface area contributed by atoms with Gasteiger partial charge >= 0.3 is 0 Å². The minimum Gasteiger partial charge on any atom is -0.381 e. The first-order chi connectivity index (χ1) is 13.3. The largest absolute Gasteiger partial charge is 0.381 e. The predicted octanol–water partition coefficient (Wildman–Crippen LogP) is -0.190. The zero-order valence-electron chi connectivity index (χ0n) is 17.6. The van der Waals surface area contributed by atoms with Crippen LogP contribution in [0, 0.1) is 5.41 Å². The molecular formula is C19H38N6O3. The second-order valence-corrected chi connectivity index (χ2v) is 7.27. The Morgan fingerprint density at radius 3 is 2.50 bits per heavy atom. The third-order valence-corrected chi connectivity index (χ3v) is 4.73. The SMILES string of the molecule is CC[C@@H](NC1CCOCC1)[C@H](CNC(N)/C(=C\C(C)=N)C(=O)NC(C)N)OC. The van der Waals surface area contributed by atoms with Crippen LogP contribution in [0.5, 0.6) is 0 Å². The van der Waals surface area contributed by atoms with Gasteiger partial charge in [0.2, 0.25) is 0 Å². The third-order valence-electron chi connectivity index (χ3n) is 4.73. The molecule has 1 rings (SSSR count). The fraction of sp³-hybridized carbons (Fsp3) is 0.789. The molecule has 8 N–H and O–H groups in total. The van der Waals surface area contributed by atoms with Gasteiger partial charge in [-0.3, -0.25) is 10.1 Å². The van der Waals surface area contributed by atoms with Crippen molar-refractivity contribution in [3.05, 3.63) is 11.6 Å². The number of hydrogen-bond donors (Lipinski definition) is 6. The molecule has 0 spiro atoms. The van der Waals surface area contributed by atoms with Crippen molar-refractivity contribution in [3.63, 3.8) is 0 Å². The van der Waals surface area contributed by atoms with Gasteiger partial charge in [0, 0.05) is 50.2 Å². The van der Waals surface area contributed by atoms with E-state index in [2.05, 4.69) is 22.9 Å². The van der Waals surface area contributed by atoms with Gasteiger partial charge in [-0.25, -0.2) is 0 Å². The summed E-state index contributed by atoms with van der Waals surface area (Å²) < 4.78 is 11.1. The van der Waals surface area contributed by atoms with Crippen LogP contribution >= 0.6 is 0 Å². The molecule has 0 saturated carbocycles. The van der Waals surface area contributed by atoms with E-state index in [1.54, 1.807) is 21.0 Å². The van der Waals surface area contributed by atoms with Gasteiger partial charge in [-0.1, -0.05) is 6.92 Å². The summed E-state index contributed by atoms with van der Waals surface area (Å²) >= 11 is 0. The van der Waals surface area contributed by atoms with Gasteiger partial charge in [0.25, 0.3) is 5.91 Å². The lowest BCUT2D eigenvalue weighted by Gasteiger charge is -2.33. The minimum absolute atomic E-state index is 0.113. The first-order valence-electron chi connectivity index (χ1n) is 9.97. The van der Waals surface area contributed by atoms with Crippen LogP contribution in [0.15, 0.2) is 11.6 Å². The van der Waals surface area contributed by atoms with Crippen LogP contribution in [0.1, 0.15) is 40.0 Å². The number of nitrogens with two attached hydrogens (primary N) is 2. The van der Waals surface area contributed by atoms with Gasteiger partial charge in [-0.2, -0.15) is 0 Å². The van der Waals surface area contributed by atoms with Gasteiger partial charge in [0.05, 0.1) is 18.4 Å². The van der Waals surface area contributed by atoms with E-state index in [1.807, 2.05) is 0 Å². The Labute approximate surface area is 168 Å². The van der Waals surface area contributed by atoms with Crippen molar-refractivity contribution >= 4 is 11.6 Å². The van der Waals surface area contributed by atoms with Crippen molar-refractivity contribution in [2.45, 2.75) is 70.6 Å². The molecule has 4 atom stereocenters. The first kappa shape index (κ1) is 24.7. The molecule has 0 aromatic rings. The molecule has 162 valence electrons. The monoisotopic (exact) mass is 398 g/mol. The number of allylic oxidation sites excluding steroid dienone is 1. The molecule has 1 saturated heterocycles. The Morgan fingerprint density at radius 1 is 1.36 bits per heavy atom. The molecule has 0 aliphatic carbocycles. The summed E-state index contributed by atoms with van der Waals surface area (Å²) in [6.07, 6.45) is 2.98. The lowest BCUT2D eigenvalue weighted by molar-refractivity contribution is -0.118. The van der Waals surface area contributed by atoms with E-state index < -0.39 is 12.3 Å². The lowest BCUT2D eigenvalue weighted by Crippen LogP contribution is -2.54. The van der Waals surface area contributed by atoms with Gasteiger partial charge in [-0.15, -0.1) is 0 Å². The third kappa shape index (κ3) is 8.76. The van der Waals surface area contributed by atoms with Crippen LogP contribution in [0.25, 0.3) is 0 Å². The average Bonchev–Trinajstić information content (AvgIpc) is 2.65. The number of amides is 1. The van der Waals surface area contributed by atoms with Crippen LogP contribution in [0.4, 0.5) is 0 Å². The minimum atomic E-state index is -0.739. The highest BCUT2D eigenvalue weighted by Crippen LogP contribution is 2.11. The lowest BCUT2D eigenvalue weighted by atomic mass is 10.0. The Hall–Kier alpha value is -1.36. The van der Waals surface area contributed by atoms with Crippen molar-refractivity contribution in [3.8, 4) is 0 Å². The fourth-order valence-electron chi connectivity index (χ4n) is 3.22. The molecule has 0 aromatic carbocycles. The molecule has 1 fully saturated rings. The van der Waals surface area contributed by atoms with Gasteiger partial charge in [0.15, 0.2) is 0 Å². The Bertz CT molecular complexity index is 520. The van der Waals surface area contributed by atoms with E-state index in [0.29, 0.717) is 12.6 Å². The van der Waals surface area contributed by atoms with Crippen molar-refractivity contribution in [2.24, 2.45) is 11.5 Å². The van der Waals surface area contributed by atoms with Crippen molar-refractivity contribution in [2.75, 3.05) is 26.9 Å². The molecule has 28 heavy (non-hydrogen) atoms. The highest BCUT2D eigenvalue weighted by molar-refractivity contribution is 6.02. The summed E-state index contributed by atoms with van der Waals surface area (Å²) in [5.41, 5.74) is 12.4. The first-order valence-corrected chi connectivity index (χ1v) is 9.97. The smallest absolute Gasteiger partial charge is 0.251 e. The number of ether oxygens (including phenoxy) is 2. The molecule has 0 radical (unpaired) electrons. The van der Waals surface area contributed by atoms with Crippen LogP contribution in [-0.2, 0) is 14.3 Å². The standard InChI is InChI=1S/C19H38N6O3/c1-5-16(25-14-6-8-28-9-7-14)17(27-4)11-23-18(22)15(10-12(2)20)19(26)24-13(3)21/h10,13-14,16-18,20,23,25H,5-9,11,21-22H2,1-4H3,(H,24,26)/b15-10+,20-12?/t13?,16-,17+,18?/m1/s1. The molecule has 1 aliphatic heterocycles. The van der Waals surface area contributed by atoms with E-state index in [4.69, 9.17) is 26.4 Å². The van der Waals surface area contributed by atoms with Crippen molar-refractivity contribution < 1.29 is 14.3 Å². The highest BCUT2D eigenvalue weighted by Gasteiger charge is 2.26. The van der Waals surface area contributed by atoms with E-state index in [0.717, 1.165) is 32.5 Å². The van der Waals surface area contributed by atoms with Crippen LogP contribution < -0.4 is 27.4 Å². The number of nitrogens with one attached hydrogen (secondary N) is 4. The quantitative estimate of drug-likeness (QED) is 0.152. The number of methoxy groups -OCH3 is 1. The maximum atomic E-state index is 12.4.